The van der Waals surface area contributed by atoms with Crippen molar-refractivity contribution in [2.24, 2.45) is 5.73 Å². The molecule has 1 amide bonds. The molecule has 90 valence electrons. The second-order valence-electron chi connectivity index (χ2n) is 3.73. The van der Waals surface area contributed by atoms with Gasteiger partial charge in [0, 0.05) is 33.1 Å². The van der Waals surface area contributed by atoms with Crippen LogP contribution in [0.3, 0.4) is 0 Å². The van der Waals surface area contributed by atoms with Crippen molar-refractivity contribution in [3.05, 3.63) is 0 Å². The molecule has 0 atom stereocenters. The lowest BCUT2D eigenvalue weighted by Gasteiger charge is -2.19. The average Bonchev–Trinajstić information content (AvgIpc) is 2.22. The number of carbonyl (C=O) groups is 1. The second kappa shape index (κ2) is 8.64. The topological polar surface area (TPSA) is 69.8 Å². The zero-order chi connectivity index (χ0) is 11.7. The molecular weight excluding hydrogens is 194 g/mol. The molecule has 5 nitrogen and oxygen atoms in total. The Morgan fingerprint density at radius 2 is 1.93 bits per heavy atom. The number of amides is 1. The van der Waals surface area contributed by atoms with E-state index < -0.39 is 0 Å². The van der Waals surface area contributed by atoms with Gasteiger partial charge in [0.15, 0.2) is 0 Å². The summed E-state index contributed by atoms with van der Waals surface area (Å²) in [6, 6.07) is 0. The highest BCUT2D eigenvalue weighted by atomic mass is 16.3. The Kier molecular flexibility index (Phi) is 8.27. The van der Waals surface area contributed by atoms with Gasteiger partial charge < -0.3 is 20.6 Å². The van der Waals surface area contributed by atoms with Gasteiger partial charge in [-0.1, -0.05) is 0 Å². The van der Waals surface area contributed by atoms with Crippen LogP contribution >= 0.6 is 0 Å². The minimum absolute atomic E-state index is 0.133. The van der Waals surface area contributed by atoms with Gasteiger partial charge in [-0.3, -0.25) is 4.79 Å². The maximum atomic E-state index is 11.6. The standard InChI is InChI=1S/C10H23N3O2/c1-12(8-9-14)7-4-10(15)13(2)6-3-5-11/h14H,3-9,11H2,1-2H3. The first-order valence-electron chi connectivity index (χ1n) is 5.35. The summed E-state index contributed by atoms with van der Waals surface area (Å²) in [5, 5.41) is 8.68. The van der Waals surface area contributed by atoms with E-state index in [9.17, 15) is 4.79 Å². The van der Waals surface area contributed by atoms with Gasteiger partial charge in [-0.25, -0.2) is 0 Å². The Hall–Kier alpha value is -0.650. The number of hydrogen-bond acceptors (Lipinski definition) is 4. The Morgan fingerprint density at radius 3 is 2.47 bits per heavy atom. The molecule has 0 spiro atoms. The fraction of sp³-hybridized carbons (Fsp3) is 0.900. The molecule has 0 aromatic carbocycles. The van der Waals surface area contributed by atoms with Crippen molar-refractivity contribution in [2.45, 2.75) is 12.8 Å². The van der Waals surface area contributed by atoms with Crippen LogP contribution in [0.2, 0.25) is 0 Å². The van der Waals surface area contributed by atoms with Crippen LogP contribution in [-0.4, -0.2) is 67.7 Å². The molecule has 3 N–H and O–H groups in total. The smallest absolute Gasteiger partial charge is 0.223 e. The van der Waals surface area contributed by atoms with Crippen molar-refractivity contribution in [1.29, 1.82) is 0 Å². The molecule has 0 radical (unpaired) electrons. The molecule has 0 aromatic rings. The highest BCUT2D eigenvalue weighted by Gasteiger charge is 2.08. The SMILES string of the molecule is CN(CCO)CCC(=O)N(C)CCCN. The van der Waals surface area contributed by atoms with Crippen LogP contribution in [0.4, 0.5) is 0 Å². The first-order chi connectivity index (χ1) is 7.11. The molecule has 0 aliphatic heterocycles. The first-order valence-corrected chi connectivity index (χ1v) is 5.35. The number of nitrogens with two attached hydrogens (primary N) is 1. The van der Waals surface area contributed by atoms with Crippen LogP contribution in [-0.2, 0) is 4.79 Å². The Morgan fingerprint density at radius 1 is 1.27 bits per heavy atom. The molecule has 0 heterocycles. The van der Waals surface area contributed by atoms with E-state index in [1.54, 1.807) is 11.9 Å². The third-order valence-electron chi connectivity index (χ3n) is 2.31. The van der Waals surface area contributed by atoms with Crippen LogP contribution in [0.5, 0.6) is 0 Å². The monoisotopic (exact) mass is 217 g/mol. The maximum absolute atomic E-state index is 11.6. The average molecular weight is 217 g/mol. The van der Waals surface area contributed by atoms with Gasteiger partial charge in [-0.2, -0.15) is 0 Å². The fourth-order valence-corrected chi connectivity index (χ4v) is 1.21. The molecule has 0 aromatic heterocycles. The first kappa shape index (κ1) is 14.3. The third kappa shape index (κ3) is 7.30. The summed E-state index contributed by atoms with van der Waals surface area (Å²) in [7, 11) is 3.69. The second-order valence-corrected chi connectivity index (χ2v) is 3.73. The normalized spacial score (nSPS) is 10.7. The van der Waals surface area contributed by atoms with Crippen LogP contribution < -0.4 is 5.73 Å². The lowest BCUT2D eigenvalue weighted by molar-refractivity contribution is -0.130. The Bertz CT molecular complexity index is 176. The lowest BCUT2D eigenvalue weighted by Crippen LogP contribution is -2.32. The zero-order valence-electron chi connectivity index (χ0n) is 9.78. The molecule has 0 aliphatic rings. The summed E-state index contributed by atoms with van der Waals surface area (Å²) in [4.78, 5) is 15.2. The quantitative estimate of drug-likeness (QED) is 0.553. The molecule has 5 heteroatoms. The van der Waals surface area contributed by atoms with Gasteiger partial charge in [-0.15, -0.1) is 0 Å². The van der Waals surface area contributed by atoms with Crippen LogP contribution in [0.25, 0.3) is 0 Å². The fourth-order valence-electron chi connectivity index (χ4n) is 1.21. The number of aliphatic hydroxyl groups excluding tert-OH is 1. The Labute approximate surface area is 91.8 Å². The number of aliphatic hydroxyl groups is 1. The maximum Gasteiger partial charge on any atom is 0.223 e. The molecule has 0 rings (SSSR count). The highest BCUT2D eigenvalue weighted by Crippen LogP contribution is 1.94. The number of nitrogens with zero attached hydrogens (tertiary/aromatic N) is 2. The summed E-state index contributed by atoms with van der Waals surface area (Å²) in [5.74, 6) is 0.133. The molecule has 0 unspecified atom stereocenters. The van der Waals surface area contributed by atoms with Crippen molar-refractivity contribution in [3.8, 4) is 0 Å². The van der Waals surface area contributed by atoms with Gasteiger partial charge in [0.1, 0.15) is 0 Å². The minimum Gasteiger partial charge on any atom is -0.395 e. The van der Waals surface area contributed by atoms with E-state index in [1.807, 2.05) is 11.9 Å². The van der Waals surface area contributed by atoms with E-state index in [0.29, 0.717) is 26.1 Å². The summed E-state index contributed by atoms with van der Waals surface area (Å²) in [6.07, 6.45) is 1.34. The molecular formula is C10H23N3O2. The third-order valence-corrected chi connectivity index (χ3v) is 2.31. The van der Waals surface area contributed by atoms with Crippen molar-refractivity contribution >= 4 is 5.91 Å². The molecule has 0 saturated carbocycles. The van der Waals surface area contributed by atoms with Gasteiger partial charge in [0.05, 0.1) is 6.61 Å². The number of carbonyl (C=O) groups excluding carboxylic acids is 1. The van der Waals surface area contributed by atoms with Crippen molar-refractivity contribution in [3.63, 3.8) is 0 Å². The largest absolute Gasteiger partial charge is 0.395 e. The van der Waals surface area contributed by atoms with E-state index in [4.69, 9.17) is 10.8 Å². The van der Waals surface area contributed by atoms with Crippen molar-refractivity contribution in [1.82, 2.24) is 9.80 Å². The van der Waals surface area contributed by atoms with Crippen molar-refractivity contribution in [2.75, 3.05) is 46.9 Å². The molecule has 0 aliphatic carbocycles. The predicted octanol–water partition coefficient (Wildman–Crippen LogP) is -0.892. The zero-order valence-corrected chi connectivity index (χ0v) is 9.78. The van der Waals surface area contributed by atoms with Gasteiger partial charge in [0.2, 0.25) is 5.91 Å². The summed E-state index contributed by atoms with van der Waals surface area (Å²) < 4.78 is 0. The minimum atomic E-state index is 0.133. The van der Waals surface area contributed by atoms with Gasteiger partial charge >= 0.3 is 0 Å². The number of rotatable bonds is 8. The summed E-state index contributed by atoms with van der Waals surface area (Å²) >= 11 is 0. The number of likely N-dealkylation sites (N-methyl/N-ethyl adjacent to an activating group) is 1. The van der Waals surface area contributed by atoms with Crippen LogP contribution in [0, 0.1) is 0 Å². The molecule has 0 fully saturated rings. The predicted molar refractivity (Wildman–Crippen MR) is 60.5 cm³/mol. The molecule has 0 bridgehead atoms. The van der Waals surface area contributed by atoms with E-state index in [-0.39, 0.29) is 12.5 Å². The van der Waals surface area contributed by atoms with Gasteiger partial charge in [0.25, 0.3) is 0 Å². The van der Waals surface area contributed by atoms with Crippen LogP contribution in [0.1, 0.15) is 12.8 Å². The van der Waals surface area contributed by atoms with E-state index in [2.05, 4.69) is 0 Å². The number of hydrogen-bond donors (Lipinski definition) is 2. The van der Waals surface area contributed by atoms with Crippen LogP contribution in [0.15, 0.2) is 0 Å². The van der Waals surface area contributed by atoms with Gasteiger partial charge in [-0.05, 0) is 20.0 Å². The molecule has 0 saturated heterocycles. The summed E-state index contributed by atoms with van der Waals surface area (Å²) in [6.45, 7) is 2.76. The van der Waals surface area contributed by atoms with Crippen molar-refractivity contribution < 1.29 is 9.90 Å². The van der Waals surface area contributed by atoms with E-state index in [0.717, 1.165) is 13.0 Å². The molecule has 15 heavy (non-hydrogen) atoms. The summed E-state index contributed by atoms with van der Waals surface area (Å²) in [5.41, 5.74) is 5.36. The van der Waals surface area contributed by atoms with E-state index >= 15 is 0 Å². The Balaban J connectivity index is 3.63. The lowest BCUT2D eigenvalue weighted by atomic mass is 10.3. The van der Waals surface area contributed by atoms with E-state index in [1.165, 1.54) is 0 Å². The highest BCUT2D eigenvalue weighted by molar-refractivity contribution is 5.76.